The SMILES string of the molecule is N#CC(C(C[N+](=O)[O-])c1ccccc1)=P(c1ccccc1)(c1ccccc1)c1ccccc1. The highest BCUT2D eigenvalue weighted by Gasteiger charge is 2.36. The fourth-order valence-electron chi connectivity index (χ4n) is 4.39. The van der Waals surface area contributed by atoms with Gasteiger partial charge in [-0.15, -0.1) is 0 Å². The van der Waals surface area contributed by atoms with E-state index in [1.807, 2.05) is 121 Å². The van der Waals surface area contributed by atoms with E-state index in [1.165, 1.54) is 0 Å². The van der Waals surface area contributed by atoms with Crippen LogP contribution in [0, 0.1) is 21.4 Å². The van der Waals surface area contributed by atoms with Gasteiger partial charge in [0.15, 0.2) is 0 Å². The van der Waals surface area contributed by atoms with Crippen LogP contribution in [-0.4, -0.2) is 16.8 Å². The van der Waals surface area contributed by atoms with Gasteiger partial charge in [-0.05, 0) is 28.4 Å². The highest BCUT2D eigenvalue weighted by molar-refractivity contribution is 7.95. The molecular weight excluding hydrogens is 427 g/mol. The first-order chi connectivity index (χ1) is 16.2. The van der Waals surface area contributed by atoms with Crippen molar-refractivity contribution in [1.82, 2.24) is 0 Å². The van der Waals surface area contributed by atoms with Crippen LogP contribution >= 0.6 is 6.89 Å². The van der Waals surface area contributed by atoms with E-state index < -0.39 is 12.8 Å². The van der Waals surface area contributed by atoms with E-state index in [9.17, 15) is 15.4 Å². The van der Waals surface area contributed by atoms with Gasteiger partial charge in [0.2, 0.25) is 6.54 Å². The molecule has 0 aliphatic heterocycles. The predicted molar refractivity (Wildman–Crippen MR) is 137 cm³/mol. The molecule has 4 aromatic carbocycles. The molecule has 33 heavy (non-hydrogen) atoms. The lowest BCUT2D eigenvalue weighted by Crippen LogP contribution is -2.34. The Labute approximate surface area is 193 Å². The molecule has 0 bridgehead atoms. The first-order valence-corrected chi connectivity index (χ1v) is 12.5. The molecule has 0 aliphatic rings. The van der Waals surface area contributed by atoms with E-state index in [1.54, 1.807) is 0 Å². The van der Waals surface area contributed by atoms with Crippen LogP contribution in [0.15, 0.2) is 121 Å². The lowest BCUT2D eigenvalue weighted by atomic mass is 9.96. The van der Waals surface area contributed by atoms with E-state index in [0.717, 1.165) is 21.5 Å². The van der Waals surface area contributed by atoms with Gasteiger partial charge in [0.25, 0.3) is 0 Å². The molecule has 4 aromatic rings. The van der Waals surface area contributed by atoms with Crippen LogP contribution in [0.4, 0.5) is 0 Å². The van der Waals surface area contributed by atoms with Crippen molar-refractivity contribution < 1.29 is 4.92 Å². The standard InChI is InChI=1S/C28H23N2O2P/c29-21-28(27(22-30(31)32)23-13-5-1-6-14-23)33(24-15-7-2-8-16-24,25-17-9-3-10-18-25)26-19-11-4-12-20-26/h1-20,27H,22H2. The van der Waals surface area contributed by atoms with Crippen LogP contribution in [0.2, 0.25) is 0 Å². The number of hydrogen-bond donors (Lipinski definition) is 0. The first-order valence-electron chi connectivity index (χ1n) is 10.7. The zero-order valence-corrected chi connectivity index (χ0v) is 18.9. The van der Waals surface area contributed by atoms with E-state index in [0.29, 0.717) is 5.29 Å². The third kappa shape index (κ3) is 4.37. The van der Waals surface area contributed by atoms with Crippen molar-refractivity contribution >= 4 is 28.1 Å². The monoisotopic (exact) mass is 450 g/mol. The Hall–Kier alpha value is -3.93. The molecule has 0 amide bonds. The van der Waals surface area contributed by atoms with Gasteiger partial charge in [-0.25, -0.2) is 0 Å². The summed E-state index contributed by atoms with van der Waals surface area (Å²) in [7, 11) is 0. The minimum atomic E-state index is -2.69. The Kier molecular flexibility index (Phi) is 6.83. The summed E-state index contributed by atoms with van der Waals surface area (Å²) in [5.41, 5.74) is 0.776. The van der Waals surface area contributed by atoms with Gasteiger partial charge in [0.05, 0.1) is 17.3 Å². The lowest BCUT2D eigenvalue weighted by Gasteiger charge is -2.32. The van der Waals surface area contributed by atoms with E-state index in [-0.39, 0.29) is 11.5 Å². The van der Waals surface area contributed by atoms with Crippen LogP contribution in [0.3, 0.4) is 0 Å². The fraction of sp³-hybridized carbons (Fsp3) is 0.0714. The molecule has 0 radical (unpaired) electrons. The van der Waals surface area contributed by atoms with Crippen molar-refractivity contribution in [2.75, 3.05) is 6.54 Å². The lowest BCUT2D eigenvalue weighted by molar-refractivity contribution is -0.480. The summed E-state index contributed by atoms with van der Waals surface area (Å²) in [5, 5.41) is 26.1. The average molecular weight is 450 g/mol. The zero-order valence-electron chi connectivity index (χ0n) is 18.0. The number of nitriles is 1. The van der Waals surface area contributed by atoms with Gasteiger partial charge >= 0.3 is 0 Å². The molecule has 0 saturated carbocycles. The molecule has 0 spiro atoms. The quantitative estimate of drug-likeness (QED) is 0.232. The summed E-state index contributed by atoms with van der Waals surface area (Å²) in [6.07, 6.45) is 0. The van der Waals surface area contributed by atoms with Crippen LogP contribution < -0.4 is 15.9 Å². The second-order valence-corrected chi connectivity index (χ2v) is 11.0. The van der Waals surface area contributed by atoms with Crippen molar-refractivity contribution in [2.24, 2.45) is 0 Å². The third-order valence-electron chi connectivity index (χ3n) is 5.77. The van der Waals surface area contributed by atoms with E-state index in [4.69, 9.17) is 0 Å². The summed E-state index contributed by atoms with van der Waals surface area (Å²) >= 11 is 0. The fourth-order valence-corrected chi connectivity index (χ4v) is 8.83. The summed E-state index contributed by atoms with van der Waals surface area (Å²) in [4.78, 5) is 11.5. The van der Waals surface area contributed by atoms with Gasteiger partial charge in [0, 0.05) is 4.92 Å². The van der Waals surface area contributed by atoms with Crippen LogP contribution in [0.1, 0.15) is 11.5 Å². The van der Waals surface area contributed by atoms with Gasteiger partial charge in [-0.2, -0.15) is 5.26 Å². The van der Waals surface area contributed by atoms with Crippen molar-refractivity contribution in [3.05, 3.63) is 137 Å². The number of hydrogen-bond acceptors (Lipinski definition) is 3. The van der Waals surface area contributed by atoms with Crippen molar-refractivity contribution in [2.45, 2.75) is 5.92 Å². The van der Waals surface area contributed by atoms with Crippen molar-refractivity contribution in [3.63, 3.8) is 0 Å². The van der Waals surface area contributed by atoms with Crippen LogP contribution in [0.5, 0.6) is 0 Å². The van der Waals surface area contributed by atoms with Gasteiger partial charge in [-0.3, -0.25) is 10.1 Å². The molecule has 0 aromatic heterocycles. The number of nitro groups is 1. The van der Waals surface area contributed by atoms with Crippen molar-refractivity contribution in [1.29, 1.82) is 5.26 Å². The minimum Gasteiger partial charge on any atom is -0.265 e. The molecule has 4 nitrogen and oxygen atoms in total. The predicted octanol–water partition coefficient (Wildman–Crippen LogP) is 4.74. The first kappa shape index (κ1) is 22.3. The van der Waals surface area contributed by atoms with E-state index >= 15 is 0 Å². The molecule has 4 rings (SSSR count). The smallest absolute Gasteiger partial charge is 0.215 e. The molecule has 0 N–H and O–H groups in total. The Bertz CT molecular complexity index is 1210. The molecule has 1 atom stereocenters. The zero-order chi connectivity index (χ0) is 23.1. The maximum Gasteiger partial charge on any atom is 0.215 e. The Morgan fingerprint density at radius 2 is 1.09 bits per heavy atom. The topological polar surface area (TPSA) is 66.9 Å². The Morgan fingerprint density at radius 1 is 0.727 bits per heavy atom. The molecule has 5 heteroatoms. The largest absolute Gasteiger partial charge is 0.265 e. The second-order valence-electron chi connectivity index (χ2n) is 7.65. The maximum absolute atomic E-state index is 11.8. The number of benzene rings is 4. The maximum atomic E-state index is 11.8. The third-order valence-corrected chi connectivity index (χ3v) is 10.1. The van der Waals surface area contributed by atoms with Crippen LogP contribution in [-0.2, 0) is 0 Å². The Balaban J connectivity index is 2.23. The number of rotatable bonds is 7. The van der Waals surface area contributed by atoms with Crippen LogP contribution in [0.25, 0.3) is 0 Å². The molecule has 1 unspecified atom stereocenters. The second kappa shape index (κ2) is 10.1. The summed E-state index contributed by atoms with van der Waals surface area (Å²) < 4.78 is 0. The average Bonchev–Trinajstić information content (AvgIpc) is 2.88. The highest BCUT2D eigenvalue weighted by atomic mass is 31.2. The molecule has 0 fully saturated rings. The Morgan fingerprint density at radius 3 is 1.42 bits per heavy atom. The summed E-state index contributed by atoms with van der Waals surface area (Å²) in [6, 6.07) is 41.8. The summed E-state index contributed by atoms with van der Waals surface area (Å²) in [6.45, 7) is -3.04. The number of nitrogens with zero attached hydrogens (tertiary/aromatic N) is 2. The van der Waals surface area contributed by atoms with Gasteiger partial charge in [0.1, 0.15) is 0 Å². The van der Waals surface area contributed by atoms with Gasteiger partial charge in [-0.1, -0.05) is 121 Å². The molecule has 0 saturated heterocycles. The minimum absolute atomic E-state index is 0.315. The van der Waals surface area contributed by atoms with Crippen molar-refractivity contribution in [3.8, 4) is 6.07 Å². The molecule has 162 valence electrons. The molecular formula is C28H23N2O2P. The molecule has 0 aliphatic carbocycles. The normalized spacial score (nSPS) is 11.8. The van der Waals surface area contributed by atoms with Gasteiger partial charge < -0.3 is 0 Å². The summed E-state index contributed by atoms with van der Waals surface area (Å²) in [5.74, 6) is -0.653. The van der Waals surface area contributed by atoms with E-state index in [2.05, 4.69) is 6.07 Å². The highest BCUT2D eigenvalue weighted by Crippen LogP contribution is 2.49. The molecule has 0 heterocycles.